The highest BCUT2D eigenvalue weighted by Gasteiger charge is 2.36. The Hall–Kier alpha value is -0.940. The fourth-order valence-corrected chi connectivity index (χ4v) is 2.44. The van der Waals surface area contributed by atoms with Crippen molar-refractivity contribution in [3.05, 3.63) is 11.9 Å². The monoisotopic (exact) mass is 238 g/mol. The first-order valence-corrected chi connectivity index (χ1v) is 6.28. The molecule has 0 aliphatic carbocycles. The number of nitrogens with zero attached hydrogens (tertiary/aromatic N) is 4. The van der Waals surface area contributed by atoms with Gasteiger partial charge in [0.15, 0.2) is 0 Å². The van der Waals surface area contributed by atoms with Crippen LogP contribution in [0.25, 0.3) is 0 Å². The lowest BCUT2D eigenvalue weighted by Crippen LogP contribution is -2.51. The van der Waals surface area contributed by atoms with Gasteiger partial charge in [-0.15, -0.1) is 5.10 Å². The summed E-state index contributed by atoms with van der Waals surface area (Å²) in [5.41, 5.74) is 0.667. The first-order valence-electron chi connectivity index (χ1n) is 6.28. The van der Waals surface area contributed by atoms with Crippen molar-refractivity contribution in [2.75, 3.05) is 13.1 Å². The molecule has 0 bridgehead atoms. The molecule has 17 heavy (non-hydrogen) atoms. The maximum Gasteiger partial charge on any atom is 0.0853 e. The van der Waals surface area contributed by atoms with Crippen LogP contribution in [0.3, 0.4) is 0 Å². The molecule has 1 fully saturated rings. The number of rotatable bonds is 4. The molecule has 1 saturated heterocycles. The zero-order chi connectivity index (χ0) is 12.5. The summed E-state index contributed by atoms with van der Waals surface area (Å²) in [5.74, 6) is 0. The van der Waals surface area contributed by atoms with E-state index >= 15 is 0 Å². The van der Waals surface area contributed by atoms with Crippen LogP contribution in [0.1, 0.15) is 32.4 Å². The molecule has 1 aromatic heterocycles. The quantitative estimate of drug-likeness (QED) is 0.834. The van der Waals surface area contributed by atoms with Crippen LogP contribution in [-0.4, -0.2) is 49.7 Å². The molecule has 1 N–H and O–H groups in total. The van der Waals surface area contributed by atoms with Gasteiger partial charge in [0.1, 0.15) is 0 Å². The van der Waals surface area contributed by atoms with Crippen LogP contribution in [0, 0.1) is 0 Å². The van der Waals surface area contributed by atoms with Crippen LogP contribution in [0.5, 0.6) is 0 Å². The second-order valence-corrected chi connectivity index (χ2v) is 5.45. The molecule has 0 aromatic carbocycles. The van der Waals surface area contributed by atoms with Crippen molar-refractivity contribution < 1.29 is 5.11 Å². The third kappa shape index (κ3) is 2.66. The highest BCUT2D eigenvalue weighted by Crippen LogP contribution is 2.25. The lowest BCUT2D eigenvalue weighted by molar-refractivity contribution is 0.00284. The molecule has 2 heterocycles. The van der Waals surface area contributed by atoms with Gasteiger partial charge in [-0.25, -0.2) is 0 Å². The summed E-state index contributed by atoms with van der Waals surface area (Å²) in [7, 11) is 1.84. The Morgan fingerprint density at radius 3 is 2.59 bits per heavy atom. The van der Waals surface area contributed by atoms with Gasteiger partial charge >= 0.3 is 0 Å². The Morgan fingerprint density at radius 1 is 1.41 bits per heavy atom. The van der Waals surface area contributed by atoms with Crippen LogP contribution < -0.4 is 0 Å². The summed E-state index contributed by atoms with van der Waals surface area (Å²) < 4.78 is 1.67. The van der Waals surface area contributed by atoms with Crippen LogP contribution in [-0.2, 0) is 13.5 Å². The molecule has 1 aliphatic heterocycles. The lowest BCUT2D eigenvalue weighted by Gasteiger charge is -2.39. The summed E-state index contributed by atoms with van der Waals surface area (Å²) in [6, 6.07) is 0. The molecule has 2 rings (SSSR count). The molecule has 96 valence electrons. The number of aliphatic hydroxyl groups is 1. The van der Waals surface area contributed by atoms with Crippen LogP contribution in [0.2, 0.25) is 0 Å². The van der Waals surface area contributed by atoms with E-state index in [0.717, 1.165) is 18.8 Å². The predicted molar refractivity (Wildman–Crippen MR) is 65.6 cm³/mol. The summed E-state index contributed by atoms with van der Waals surface area (Å²) in [6.07, 6.45) is 4.50. The predicted octanol–water partition coefficient (Wildman–Crippen LogP) is 0.593. The Labute approximate surface area is 102 Å². The Morgan fingerprint density at radius 2 is 2.06 bits per heavy atom. The van der Waals surface area contributed by atoms with Gasteiger partial charge in [0.25, 0.3) is 0 Å². The molecule has 0 radical (unpaired) electrons. The average molecular weight is 238 g/mol. The highest BCUT2D eigenvalue weighted by molar-refractivity contribution is 5.00. The third-order valence-electron chi connectivity index (χ3n) is 3.79. The fraction of sp³-hybridized carbons (Fsp3) is 0.833. The van der Waals surface area contributed by atoms with Gasteiger partial charge in [0.2, 0.25) is 0 Å². The lowest BCUT2D eigenvalue weighted by atomic mass is 9.92. The molecule has 5 heteroatoms. The molecule has 0 saturated carbocycles. The van der Waals surface area contributed by atoms with E-state index in [4.69, 9.17) is 0 Å². The molecule has 1 unspecified atom stereocenters. The van der Waals surface area contributed by atoms with Gasteiger partial charge in [0, 0.05) is 25.2 Å². The number of aliphatic hydroxyl groups excluding tert-OH is 1. The van der Waals surface area contributed by atoms with Crippen molar-refractivity contribution in [2.24, 2.45) is 7.05 Å². The average Bonchev–Trinajstić information content (AvgIpc) is 2.89. The molecule has 0 amide bonds. The van der Waals surface area contributed by atoms with Gasteiger partial charge < -0.3 is 5.11 Å². The Bertz CT molecular complexity index is 368. The minimum atomic E-state index is -0.405. The second kappa shape index (κ2) is 4.74. The summed E-state index contributed by atoms with van der Waals surface area (Å²) in [5, 5.41) is 18.3. The molecule has 1 aliphatic rings. The largest absolute Gasteiger partial charge is 0.391 e. The van der Waals surface area contributed by atoms with Crippen molar-refractivity contribution in [3.8, 4) is 0 Å². The van der Waals surface area contributed by atoms with Crippen molar-refractivity contribution in [3.63, 3.8) is 0 Å². The SMILES string of the molecule is Cn1cc(CC(O)C(C)(C)N2CCCC2)nn1. The molecule has 5 nitrogen and oxygen atoms in total. The Balaban J connectivity index is 2.00. The maximum absolute atomic E-state index is 10.4. The first kappa shape index (κ1) is 12.5. The van der Waals surface area contributed by atoms with E-state index in [0.29, 0.717) is 6.42 Å². The minimum Gasteiger partial charge on any atom is -0.391 e. The van der Waals surface area contributed by atoms with E-state index in [1.54, 1.807) is 4.68 Å². The number of hydrogen-bond donors (Lipinski definition) is 1. The minimum absolute atomic E-state index is 0.186. The van der Waals surface area contributed by atoms with Crippen LogP contribution in [0.15, 0.2) is 6.20 Å². The molecular formula is C12H22N4O. The second-order valence-electron chi connectivity index (χ2n) is 5.45. The maximum atomic E-state index is 10.4. The van der Waals surface area contributed by atoms with Gasteiger partial charge in [-0.05, 0) is 39.8 Å². The summed E-state index contributed by atoms with van der Waals surface area (Å²) in [4.78, 5) is 2.37. The number of hydrogen-bond acceptors (Lipinski definition) is 4. The van der Waals surface area contributed by atoms with Gasteiger partial charge in [0.05, 0.1) is 11.8 Å². The van der Waals surface area contributed by atoms with Crippen molar-refractivity contribution in [1.29, 1.82) is 0 Å². The van der Waals surface area contributed by atoms with Gasteiger partial charge in [-0.1, -0.05) is 5.21 Å². The van der Waals surface area contributed by atoms with E-state index in [1.807, 2.05) is 13.2 Å². The van der Waals surface area contributed by atoms with E-state index in [9.17, 15) is 5.11 Å². The van der Waals surface area contributed by atoms with Gasteiger partial charge in [-0.2, -0.15) is 0 Å². The molecule has 0 spiro atoms. The number of aryl methyl sites for hydroxylation is 1. The van der Waals surface area contributed by atoms with E-state index in [1.165, 1.54) is 12.8 Å². The fourth-order valence-electron chi connectivity index (χ4n) is 2.44. The van der Waals surface area contributed by atoms with E-state index in [2.05, 4.69) is 29.1 Å². The van der Waals surface area contributed by atoms with Crippen LogP contribution in [0.4, 0.5) is 0 Å². The standard InChI is InChI=1S/C12H22N4O/c1-12(2,16-6-4-5-7-16)11(17)8-10-9-15(3)14-13-10/h9,11,17H,4-8H2,1-3H3. The van der Waals surface area contributed by atoms with E-state index in [-0.39, 0.29) is 5.54 Å². The topological polar surface area (TPSA) is 54.2 Å². The summed E-state index contributed by atoms with van der Waals surface area (Å²) >= 11 is 0. The summed E-state index contributed by atoms with van der Waals surface area (Å²) in [6.45, 7) is 6.40. The van der Waals surface area contributed by atoms with Crippen molar-refractivity contribution >= 4 is 0 Å². The smallest absolute Gasteiger partial charge is 0.0853 e. The van der Waals surface area contributed by atoms with Crippen molar-refractivity contribution in [1.82, 2.24) is 19.9 Å². The number of likely N-dealkylation sites (tertiary alicyclic amines) is 1. The normalized spacial score (nSPS) is 19.8. The Kier molecular flexibility index (Phi) is 3.49. The first-order chi connectivity index (χ1) is 8.00. The number of aromatic nitrogens is 3. The molecule has 1 aromatic rings. The van der Waals surface area contributed by atoms with Crippen molar-refractivity contribution in [2.45, 2.75) is 44.8 Å². The highest BCUT2D eigenvalue weighted by atomic mass is 16.3. The zero-order valence-electron chi connectivity index (χ0n) is 10.9. The van der Waals surface area contributed by atoms with E-state index < -0.39 is 6.10 Å². The van der Waals surface area contributed by atoms with Crippen LogP contribution >= 0.6 is 0 Å². The molecular weight excluding hydrogens is 216 g/mol. The van der Waals surface area contributed by atoms with Gasteiger partial charge in [-0.3, -0.25) is 9.58 Å². The third-order valence-corrected chi connectivity index (χ3v) is 3.79. The molecule has 1 atom stereocenters. The zero-order valence-corrected chi connectivity index (χ0v) is 10.9.